The summed E-state index contributed by atoms with van der Waals surface area (Å²) in [6.07, 6.45) is -3.92. The number of alkyl halides is 2. The summed E-state index contributed by atoms with van der Waals surface area (Å²) in [5, 5.41) is 4.85. The van der Waals surface area contributed by atoms with E-state index in [1.165, 1.54) is 24.1 Å². The van der Waals surface area contributed by atoms with Gasteiger partial charge in [-0.3, -0.25) is 4.79 Å². The van der Waals surface area contributed by atoms with E-state index in [2.05, 4.69) is 20.4 Å². The van der Waals surface area contributed by atoms with Gasteiger partial charge in [-0.1, -0.05) is 30.3 Å². The first-order chi connectivity index (χ1) is 14.9. The highest BCUT2D eigenvalue weighted by Gasteiger charge is 2.31. The predicted molar refractivity (Wildman–Crippen MR) is 109 cm³/mol. The van der Waals surface area contributed by atoms with Crippen LogP contribution in [0.5, 0.6) is 0 Å². The van der Waals surface area contributed by atoms with E-state index in [-0.39, 0.29) is 24.4 Å². The molecule has 1 unspecified atom stereocenters. The van der Waals surface area contributed by atoms with Crippen molar-refractivity contribution in [2.24, 2.45) is 4.99 Å². The van der Waals surface area contributed by atoms with E-state index in [9.17, 15) is 22.8 Å². The molecule has 7 nitrogen and oxygen atoms in total. The van der Waals surface area contributed by atoms with Crippen LogP contribution in [0.15, 0.2) is 53.5 Å². The van der Waals surface area contributed by atoms with E-state index in [0.717, 1.165) is 0 Å². The second-order valence-electron chi connectivity index (χ2n) is 6.64. The van der Waals surface area contributed by atoms with Crippen molar-refractivity contribution in [1.29, 1.82) is 0 Å². The van der Waals surface area contributed by atoms with Crippen LogP contribution in [0.4, 0.5) is 23.7 Å². The summed E-state index contributed by atoms with van der Waals surface area (Å²) >= 11 is 0. The summed E-state index contributed by atoms with van der Waals surface area (Å²) in [4.78, 5) is 30.9. The van der Waals surface area contributed by atoms with E-state index in [0.29, 0.717) is 11.3 Å². The van der Waals surface area contributed by atoms with Crippen molar-refractivity contribution in [2.45, 2.75) is 12.6 Å². The topological polar surface area (TPSA) is 83.0 Å². The van der Waals surface area contributed by atoms with Gasteiger partial charge < -0.3 is 20.3 Å². The molecule has 1 heterocycles. The van der Waals surface area contributed by atoms with Crippen LogP contribution >= 0.6 is 0 Å². The van der Waals surface area contributed by atoms with Gasteiger partial charge in [-0.15, -0.1) is 0 Å². The highest BCUT2D eigenvalue weighted by molar-refractivity contribution is 6.20. The summed E-state index contributed by atoms with van der Waals surface area (Å²) in [7, 11) is 1.53. The lowest BCUT2D eigenvalue weighted by Crippen LogP contribution is -2.49. The Balaban J connectivity index is 1.84. The minimum absolute atomic E-state index is 0.0422. The Hall–Kier alpha value is -3.40. The van der Waals surface area contributed by atoms with Crippen molar-refractivity contribution in [3.8, 4) is 0 Å². The molecule has 2 aromatic rings. The number of benzene rings is 2. The molecular weight excluding hydrogens is 413 g/mol. The number of rotatable bonds is 7. The lowest BCUT2D eigenvalue weighted by Gasteiger charge is -2.21. The van der Waals surface area contributed by atoms with Crippen LogP contribution in [0, 0.1) is 5.82 Å². The molecule has 0 bridgehead atoms. The Morgan fingerprint density at radius 3 is 2.55 bits per heavy atom. The van der Waals surface area contributed by atoms with E-state index >= 15 is 0 Å². The standard InChI is InChI=1S/C21H21F3N4O3/c1-28-16-9-5-3-7-14(16)18(13-6-2-4-8-15(13)22)26-19(20(28)29)27-21(30)25-10-11-31-12-17(23)24/h2-9,17,19H,10-12H2,1H3,(H2,25,27,30). The summed E-state index contributed by atoms with van der Waals surface area (Å²) < 4.78 is 43.3. The van der Waals surface area contributed by atoms with Crippen molar-refractivity contribution in [1.82, 2.24) is 10.6 Å². The normalized spacial score (nSPS) is 15.9. The summed E-state index contributed by atoms with van der Waals surface area (Å²) in [6.45, 7) is -0.894. The zero-order valence-electron chi connectivity index (χ0n) is 16.6. The molecule has 2 N–H and O–H groups in total. The van der Waals surface area contributed by atoms with Crippen molar-refractivity contribution >= 4 is 23.3 Å². The van der Waals surface area contributed by atoms with E-state index in [1.54, 1.807) is 36.4 Å². The molecule has 0 saturated carbocycles. The number of carbonyl (C=O) groups is 2. The van der Waals surface area contributed by atoms with Crippen LogP contribution in [0.25, 0.3) is 0 Å². The number of likely N-dealkylation sites (N-methyl/N-ethyl adjacent to an activating group) is 1. The molecule has 0 saturated heterocycles. The SMILES string of the molecule is CN1C(=O)C(NC(=O)NCCOCC(F)F)N=C(c2ccccc2F)c2ccccc21. The Kier molecular flexibility index (Phi) is 7.24. The third-order valence-corrected chi connectivity index (χ3v) is 4.52. The van der Waals surface area contributed by atoms with E-state index in [1.807, 2.05) is 0 Å². The minimum Gasteiger partial charge on any atom is -0.374 e. The average Bonchev–Trinajstić information content (AvgIpc) is 2.84. The van der Waals surface area contributed by atoms with Crippen LogP contribution < -0.4 is 15.5 Å². The molecule has 1 aliphatic heterocycles. The third-order valence-electron chi connectivity index (χ3n) is 4.52. The zero-order valence-corrected chi connectivity index (χ0v) is 16.6. The highest BCUT2D eigenvalue weighted by atomic mass is 19.3. The summed E-state index contributed by atoms with van der Waals surface area (Å²) in [6, 6.07) is 12.2. The molecule has 164 valence electrons. The van der Waals surface area contributed by atoms with Gasteiger partial charge in [0, 0.05) is 24.7 Å². The molecular formula is C21H21F3N4O3. The van der Waals surface area contributed by atoms with Gasteiger partial charge >= 0.3 is 6.03 Å². The molecule has 31 heavy (non-hydrogen) atoms. The Labute approximate surface area is 176 Å². The monoisotopic (exact) mass is 434 g/mol. The first-order valence-corrected chi connectivity index (χ1v) is 9.48. The number of ether oxygens (including phenoxy) is 1. The Bertz CT molecular complexity index is 984. The Morgan fingerprint density at radius 1 is 1.16 bits per heavy atom. The van der Waals surface area contributed by atoms with Gasteiger partial charge in [-0.2, -0.15) is 0 Å². The molecule has 2 aromatic carbocycles. The Morgan fingerprint density at radius 2 is 1.84 bits per heavy atom. The number of hydrogen-bond acceptors (Lipinski definition) is 4. The van der Waals surface area contributed by atoms with E-state index < -0.39 is 37.0 Å². The number of anilines is 1. The number of nitrogens with one attached hydrogen (secondary N) is 2. The van der Waals surface area contributed by atoms with Crippen LogP contribution in [-0.2, 0) is 9.53 Å². The molecule has 0 aliphatic carbocycles. The second-order valence-corrected chi connectivity index (χ2v) is 6.64. The van der Waals surface area contributed by atoms with Gasteiger partial charge in [-0.05, 0) is 18.2 Å². The number of para-hydroxylation sites is 1. The molecule has 3 amide bonds. The molecule has 0 aromatic heterocycles. The van der Waals surface area contributed by atoms with Gasteiger partial charge in [0.25, 0.3) is 12.3 Å². The summed E-state index contributed by atoms with van der Waals surface area (Å²) in [5.74, 6) is -1.05. The van der Waals surface area contributed by atoms with Crippen molar-refractivity contribution in [3.05, 3.63) is 65.5 Å². The highest BCUT2D eigenvalue weighted by Crippen LogP contribution is 2.27. The third kappa shape index (κ3) is 5.40. The number of hydrogen-bond donors (Lipinski definition) is 2. The average molecular weight is 434 g/mol. The predicted octanol–water partition coefficient (Wildman–Crippen LogP) is 2.55. The fraction of sp³-hybridized carbons (Fsp3) is 0.286. The lowest BCUT2D eigenvalue weighted by molar-refractivity contribution is -0.119. The van der Waals surface area contributed by atoms with Gasteiger partial charge in [0.2, 0.25) is 6.17 Å². The van der Waals surface area contributed by atoms with Gasteiger partial charge in [0.1, 0.15) is 12.4 Å². The van der Waals surface area contributed by atoms with Gasteiger partial charge in [0.15, 0.2) is 0 Å². The van der Waals surface area contributed by atoms with Gasteiger partial charge in [-0.25, -0.2) is 23.0 Å². The first kappa shape index (κ1) is 22.3. The largest absolute Gasteiger partial charge is 0.374 e. The summed E-state index contributed by atoms with van der Waals surface area (Å²) in [5.41, 5.74) is 1.45. The molecule has 1 atom stereocenters. The van der Waals surface area contributed by atoms with E-state index in [4.69, 9.17) is 0 Å². The molecule has 1 aliphatic rings. The molecule has 0 radical (unpaired) electrons. The number of fused-ring (bicyclic) bond motifs is 1. The smallest absolute Gasteiger partial charge is 0.316 e. The van der Waals surface area contributed by atoms with Crippen molar-refractivity contribution < 1.29 is 27.5 Å². The van der Waals surface area contributed by atoms with Gasteiger partial charge in [0.05, 0.1) is 18.0 Å². The number of urea groups is 1. The number of carbonyl (C=O) groups excluding carboxylic acids is 2. The number of amides is 3. The maximum atomic E-state index is 14.5. The maximum absolute atomic E-state index is 14.5. The lowest BCUT2D eigenvalue weighted by atomic mass is 10.00. The number of halogens is 3. The number of benzodiazepines with no additional fused rings is 1. The number of nitrogens with zero attached hydrogens (tertiary/aromatic N) is 2. The van der Waals surface area contributed by atoms with Crippen LogP contribution in [0.3, 0.4) is 0 Å². The maximum Gasteiger partial charge on any atom is 0.316 e. The zero-order chi connectivity index (χ0) is 22.4. The fourth-order valence-electron chi connectivity index (χ4n) is 3.07. The number of aliphatic imine (C=N–C) groups is 1. The second kappa shape index (κ2) is 10.1. The van der Waals surface area contributed by atoms with Crippen LogP contribution in [-0.4, -0.2) is 57.0 Å². The fourth-order valence-corrected chi connectivity index (χ4v) is 3.07. The van der Waals surface area contributed by atoms with Crippen molar-refractivity contribution in [2.75, 3.05) is 31.7 Å². The minimum atomic E-state index is -2.60. The quantitative estimate of drug-likeness (QED) is 0.657. The van der Waals surface area contributed by atoms with Crippen molar-refractivity contribution in [3.63, 3.8) is 0 Å². The first-order valence-electron chi connectivity index (χ1n) is 9.48. The molecule has 10 heteroatoms. The van der Waals surface area contributed by atoms with Crippen LogP contribution in [0.1, 0.15) is 11.1 Å². The molecule has 3 rings (SSSR count). The van der Waals surface area contributed by atoms with Crippen LogP contribution in [0.2, 0.25) is 0 Å². The molecule has 0 spiro atoms. The molecule has 0 fully saturated rings.